The third-order valence-electron chi connectivity index (χ3n) is 20.2. The number of hydrogen-bond donors (Lipinski definition) is 3. The Labute approximate surface area is 366 Å². The number of aliphatic hydroxyl groups excluding tert-OH is 3. The third kappa shape index (κ3) is 7.10. The summed E-state index contributed by atoms with van der Waals surface area (Å²) in [6.45, 7) is 19.0. The second-order valence-corrected chi connectivity index (χ2v) is 22.0. The molecule has 0 saturated heterocycles. The number of aliphatic hydroxyl groups is 3. The maximum Gasteiger partial charge on any atom is 1.00 e. The van der Waals surface area contributed by atoms with E-state index in [0.29, 0.717) is 83.5 Å². The summed E-state index contributed by atoms with van der Waals surface area (Å²) in [5, 5.41) is 29.9. The largest absolute Gasteiger partial charge is 1.00 e. The number of hydrogen-bond acceptors (Lipinski definition) is 6. The van der Waals surface area contributed by atoms with Crippen LogP contribution >= 0.6 is 0 Å². The minimum absolute atomic E-state index is 0. The van der Waals surface area contributed by atoms with E-state index in [1.807, 2.05) is 0 Å². The molecule has 3 radical (unpaired) electrons. The predicted molar refractivity (Wildman–Crippen MR) is 220 cm³/mol. The Kier molecular flexibility index (Phi) is 14.6. The summed E-state index contributed by atoms with van der Waals surface area (Å²) < 4.78 is 0. The van der Waals surface area contributed by atoms with Crippen molar-refractivity contribution in [3.05, 3.63) is 0 Å². The molecule has 8 saturated carbocycles. The van der Waals surface area contributed by atoms with Crippen molar-refractivity contribution < 1.29 is 60.7 Å². The first-order chi connectivity index (χ1) is 25.5. The third-order valence-corrected chi connectivity index (χ3v) is 20.2. The van der Waals surface area contributed by atoms with Crippen LogP contribution in [0.2, 0.25) is 0 Å². The van der Waals surface area contributed by atoms with Gasteiger partial charge in [-0.15, -0.1) is 0 Å². The molecule has 8 heteroatoms. The van der Waals surface area contributed by atoms with Gasteiger partial charge in [-0.3, -0.25) is 14.4 Å². The SMILES string of the molecule is CC[C@H]1C(=O)C2C3CC[C@H]([C@H](C)CO)[C@@]3(C)CCC2[C@@]2(C)CCC(=O)C[C@@H]12.CC[C@H]1C(=O)C2C3CC[C@H]([C@H](C)CO)[C@@]3(C)CCC2[C@@]2(C)CC[C@@H](O)C[C@@H]12.[B].[H-].[Na+]. The van der Waals surface area contributed by atoms with Gasteiger partial charge in [0.15, 0.2) is 0 Å². The van der Waals surface area contributed by atoms with Gasteiger partial charge in [0, 0.05) is 58.1 Å². The molecule has 8 fully saturated rings. The van der Waals surface area contributed by atoms with E-state index in [4.69, 9.17) is 0 Å². The summed E-state index contributed by atoms with van der Waals surface area (Å²) in [4.78, 5) is 39.8. The fourth-order valence-corrected chi connectivity index (χ4v) is 17.3. The molecule has 311 valence electrons. The average Bonchev–Trinajstić information content (AvgIpc) is 3.69. The van der Waals surface area contributed by atoms with Crippen LogP contribution in [0, 0.1) is 105 Å². The zero-order chi connectivity index (χ0) is 39.1. The van der Waals surface area contributed by atoms with Crippen molar-refractivity contribution in [1.82, 2.24) is 0 Å². The molecule has 6 unspecified atom stereocenters. The van der Waals surface area contributed by atoms with Crippen molar-refractivity contribution in [3.8, 4) is 0 Å². The number of carbonyl (C=O) groups excluding carboxylic acids is 3. The van der Waals surface area contributed by atoms with Gasteiger partial charge in [-0.05, 0) is 171 Å². The summed E-state index contributed by atoms with van der Waals surface area (Å²) in [6.07, 6.45) is 16.1. The van der Waals surface area contributed by atoms with Crippen LogP contribution in [0.25, 0.3) is 0 Å². The molecule has 0 spiro atoms. The number of ketones is 3. The van der Waals surface area contributed by atoms with Crippen molar-refractivity contribution in [1.29, 1.82) is 0 Å². The van der Waals surface area contributed by atoms with E-state index in [2.05, 4.69) is 55.4 Å². The molecule has 6 nitrogen and oxygen atoms in total. The van der Waals surface area contributed by atoms with Crippen LogP contribution in [0.1, 0.15) is 160 Å². The van der Waals surface area contributed by atoms with E-state index < -0.39 is 0 Å². The summed E-state index contributed by atoms with van der Waals surface area (Å²) in [5.74, 6) is 6.40. The van der Waals surface area contributed by atoms with E-state index in [0.717, 1.165) is 70.6 Å². The van der Waals surface area contributed by atoms with E-state index in [1.165, 1.54) is 19.3 Å². The summed E-state index contributed by atoms with van der Waals surface area (Å²) >= 11 is 0. The van der Waals surface area contributed by atoms with Gasteiger partial charge >= 0.3 is 29.6 Å². The quantitative estimate of drug-likeness (QED) is 0.292. The van der Waals surface area contributed by atoms with Crippen LogP contribution in [0.5, 0.6) is 0 Å². The van der Waals surface area contributed by atoms with Crippen LogP contribution in [0.3, 0.4) is 0 Å². The van der Waals surface area contributed by atoms with Crippen molar-refractivity contribution in [2.24, 2.45) is 105 Å². The van der Waals surface area contributed by atoms with Crippen molar-refractivity contribution in [2.45, 2.75) is 164 Å². The molecular weight excluding hydrogens is 706 g/mol. The Morgan fingerprint density at radius 3 is 1.46 bits per heavy atom. The Bertz CT molecular complexity index is 1450. The Balaban J connectivity index is 0.000000240. The molecular formula is C48H79BNaO6. The van der Waals surface area contributed by atoms with E-state index >= 15 is 0 Å². The van der Waals surface area contributed by atoms with Gasteiger partial charge in [0.1, 0.15) is 17.3 Å². The molecule has 56 heavy (non-hydrogen) atoms. The molecule has 0 aliphatic heterocycles. The minimum atomic E-state index is -0.211. The second-order valence-electron chi connectivity index (χ2n) is 22.0. The molecule has 8 aliphatic carbocycles. The monoisotopic (exact) mass is 786 g/mol. The molecule has 0 aromatic heterocycles. The van der Waals surface area contributed by atoms with Crippen molar-refractivity contribution >= 4 is 25.8 Å². The number of carbonyl (C=O) groups is 3. The van der Waals surface area contributed by atoms with Gasteiger partial charge in [-0.2, -0.15) is 0 Å². The molecule has 8 rings (SSSR count). The predicted octanol–water partition coefficient (Wildman–Crippen LogP) is 5.84. The zero-order valence-electron chi connectivity index (χ0n) is 38.0. The fraction of sp³-hybridized carbons (Fsp3) is 0.938. The molecule has 0 aromatic rings. The Morgan fingerprint density at radius 2 is 1.02 bits per heavy atom. The standard InChI is InChI=1S/C24H40O3.C24H38O3.B.Na.H/c2*1-5-16-20-12-15(26)8-10-24(20,4)19-9-11-23(3)17(14(2)13-25)6-7-18(23)21(19)22(16)27;;;/h14-21,25-26H,5-13H2,1-4H3;14,16-21,25H,5-13H2,1-4H3;;;/q;;;+1;-1/t14-,15-,16-,17-,18?,19?,20+,21?,23-,24-;14-,16-,17-,18?,19?,20+,21?,23-,24-;;;/m11.../s1. The first-order valence-corrected chi connectivity index (χ1v) is 23.0. The molecule has 0 heterocycles. The first-order valence-electron chi connectivity index (χ1n) is 23.0. The summed E-state index contributed by atoms with van der Waals surface area (Å²) in [6, 6.07) is 0. The van der Waals surface area contributed by atoms with Gasteiger partial charge in [0.05, 0.1) is 6.10 Å². The molecule has 19 atom stereocenters. The van der Waals surface area contributed by atoms with Crippen LogP contribution < -0.4 is 29.6 Å². The van der Waals surface area contributed by atoms with Gasteiger partial charge in [0.2, 0.25) is 0 Å². The topological polar surface area (TPSA) is 112 Å². The second kappa shape index (κ2) is 17.4. The molecule has 0 bridgehead atoms. The smallest absolute Gasteiger partial charge is 1.00 e. The van der Waals surface area contributed by atoms with Crippen LogP contribution in [-0.2, 0) is 14.4 Å². The maximum atomic E-state index is 13.8. The van der Waals surface area contributed by atoms with Gasteiger partial charge in [-0.25, -0.2) is 0 Å². The van der Waals surface area contributed by atoms with Crippen molar-refractivity contribution in [2.75, 3.05) is 13.2 Å². The van der Waals surface area contributed by atoms with Crippen LogP contribution in [0.4, 0.5) is 0 Å². The number of fused-ring (bicyclic) bond motifs is 10. The Morgan fingerprint density at radius 1 is 0.607 bits per heavy atom. The van der Waals surface area contributed by atoms with Crippen LogP contribution in [-0.4, -0.2) is 60.4 Å². The minimum Gasteiger partial charge on any atom is -1.00 e. The normalized spacial score (nSPS) is 50.2. The molecule has 3 N–H and O–H groups in total. The van der Waals surface area contributed by atoms with Crippen LogP contribution in [0.15, 0.2) is 0 Å². The zero-order valence-corrected chi connectivity index (χ0v) is 39.0. The molecule has 8 aliphatic rings. The number of rotatable bonds is 6. The van der Waals surface area contributed by atoms with E-state index in [-0.39, 0.29) is 110 Å². The van der Waals surface area contributed by atoms with Gasteiger partial charge < -0.3 is 16.7 Å². The van der Waals surface area contributed by atoms with Gasteiger partial charge in [-0.1, -0.05) is 55.4 Å². The number of Topliss-reactive ketones (excluding diaryl/α,β-unsaturated/α-hetero) is 3. The first kappa shape index (κ1) is 47.0. The van der Waals surface area contributed by atoms with Gasteiger partial charge in [0.25, 0.3) is 0 Å². The van der Waals surface area contributed by atoms with E-state index in [9.17, 15) is 29.7 Å². The van der Waals surface area contributed by atoms with E-state index in [1.54, 1.807) is 0 Å². The average molecular weight is 786 g/mol. The summed E-state index contributed by atoms with van der Waals surface area (Å²) in [5.41, 5.74) is 0.801. The maximum absolute atomic E-state index is 13.8. The Hall–Kier alpha value is -0.0451. The summed E-state index contributed by atoms with van der Waals surface area (Å²) in [7, 11) is 0. The fourth-order valence-electron chi connectivity index (χ4n) is 17.3. The molecule has 0 amide bonds. The van der Waals surface area contributed by atoms with Crippen molar-refractivity contribution in [3.63, 3.8) is 0 Å². The molecule has 0 aromatic carbocycles.